The van der Waals surface area contributed by atoms with E-state index < -0.39 is 6.23 Å². The average Bonchev–Trinajstić information content (AvgIpc) is 2.43. The molecular weight excluding hydrogens is 196 g/mol. The first kappa shape index (κ1) is 9.67. The molecule has 1 aliphatic heterocycles. The molecule has 2 amide bonds. The van der Waals surface area contributed by atoms with E-state index in [0.29, 0.717) is 16.8 Å². The van der Waals surface area contributed by atoms with E-state index in [1.54, 1.807) is 18.2 Å². The summed E-state index contributed by atoms with van der Waals surface area (Å²) in [6.07, 6.45) is -0.985. The Morgan fingerprint density at radius 1 is 1.53 bits per heavy atom. The van der Waals surface area contributed by atoms with Crippen LogP contribution in [-0.4, -0.2) is 16.9 Å². The molecule has 0 saturated heterocycles. The van der Waals surface area contributed by atoms with E-state index >= 15 is 0 Å². The molecule has 78 valence electrons. The van der Waals surface area contributed by atoms with Gasteiger partial charge in [0.25, 0.3) is 5.91 Å². The van der Waals surface area contributed by atoms with Gasteiger partial charge >= 0.3 is 0 Å². The Morgan fingerprint density at radius 3 is 2.93 bits per heavy atom. The Balaban J connectivity index is 2.50. The Kier molecular flexibility index (Phi) is 2.17. The second-order valence-electron chi connectivity index (χ2n) is 3.33. The third-order valence-electron chi connectivity index (χ3n) is 2.20. The van der Waals surface area contributed by atoms with Crippen molar-refractivity contribution in [2.75, 3.05) is 5.32 Å². The van der Waals surface area contributed by atoms with Crippen LogP contribution in [0.3, 0.4) is 0 Å². The third-order valence-corrected chi connectivity index (χ3v) is 2.20. The number of hydrogen-bond acceptors (Lipinski definition) is 3. The lowest BCUT2D eigenvalue weighted by molar-refractivity contribution is -0.114. The molecule has 2 rings (SSSR count). The third kappa shape index (κ3) is 1.57. The zero-order valence-corrected chi connectivity index (χ0v) is 8.07. The molecule has 1 unspecified atom stereocenters. The molecule has 0 fully saturated rings. The molecule has 15 heavy (non-hydrogen) atoms. The molecule has 0 radical (unpaired) electrons. The zero-order chi connectivity index (χ0) is 11.0. The summed E-state index contributed by atoms with van der Waals surface area (Å²) >= 11 is 0. The normalized spacial score (nSPS) is 18.3. The summed E-state index contributed by atoms with van der Waals surface area (Å²) in [5, 5.41) is 14.4. The quantitative estimate of drug-likeness (QED) is 0.621. The van der Waals surface area contributed by atoms with Crippen molar-refractivity contribution in [3.63, 3.8) is 0 Å². The van der Waals surface area contributed by atoms with Crippen molar-refractivity contribution >= 4 is 17.5 Å². The lowest BCUT2D eigenvalue weighted by Crippen LogP contribution is -2.19. The molecule has 1 aromatic rings. The monoisotopic (exact) mass is 206 g/mol. The number of aliphatic hydroxyl groups is 1. The van der Waals surface area contributed by atoms with Gasteiger partial charge in [-0.1, -0.05) is 12.1 Å². The number of amides is 2. The Labute approximate surface area is 86.1 Å². The zero-order valence-electron chi connectivity index (χ0n) is 8.07. The molecule has 1 aromatic carbocycles. The fraction of sp³-hybridized carbons (Fsp3) is 0.200. The van der Waals surface area contributed by atoms with E-state index in [4.69, 9.17) is 0 Å². The van der Waals surface area contributed by atoms with Gasteiger partial charge in [0.1, 0.15) is 0 Å². The highest BCUT2D eigenvalue weighted by Crippen LogP contribution is 2.29. The number of hydrogen-bond donors (Lipinski definition) is 3. The van der Waals surface area contributed by atoms with E-state index in [-0.39, 0.29) is 11.8 Å². The van der Waals surface area contributed by atoms with Crippen LogP contribution in [0.2, 0.25) is 0 Å². The van der Waals surface area contributed by atoms with Crippen LogP contribution in [0.25, 0.3) is 0 Å². The van der Waals surface area contributed by atoms with Crippen LogP contribution in [0.15, 0.2) is 18.2 Å². The minimum Gasteiger partial charge on any atom is -0.369 e. The Morgan fingerprint density at radius 2 is 2.27 bits per heavy atom. The molecule has 5 heteroatoms. The second kappa shape index (κ2) is 3.36. The molecule has 1 atom stereocenters. The lowest BCUT2D eigenvalue weighted by atomic mass is 10.1. The summed E-state index contributed by atoms with van der Waals surface area (Å²) < 4.78 is 0. The highest BCUT2D eigenvalue weighted by atomic mass is 16.3. The predicted octanol–water partition coefficient (Wildman–Crippen LogP) is 0.379. The maximum atomic E-state index is 11.5. The number of anilines is 1. The molecule has 3 N–H and O–H groups in total. The van der Waals surface area contributed by atoms with Crippen LogP contribution in [0.1, 0.15) is 29.1 Å². The van der Waals surface area contributed by atoms with Crippen molar-refractivity contribution in [1.82, 2.24) is 5.32 Å². The van der Waals surface area contributed by atoms with Gasteiger partial charge < -0.3 is 15.7 Å². The Hall–Kier alpha value is -1.88. The van der Waals surface area contributed by atoms with Gasteiger partial charge in [0.05, 0.1) is 11.3 Å². The molecule has 5 nitrogen and oxygen atoms in total. The standard InChI is InChI=1S/C10H10N2O3/c1-5(13)11-7-4-2-3-6-8(7)10(15)12-9(6)14/h2-4,9,14H,1H3,(H,11,13)(H,12,15). The average molecular weight is 206 g/mol. The van der Waals surface area contributed by atoms with E-state index in [0.717, 1.165) is 0 Å². The first-order chi connectivity index (χ1) is 7.09. The lowest BCUT2D eigenvalue weighted by Gasteiger charge is -2.06. The number of rotatable bonds is 1. The number of carbonyl (C=O) groups is 2. The van der Waals surface area contributed by atoms with E-state index in [1.807, 2.05) is 0 Å². The van der Waals surface area contributed by atoms with Crippen LogP contribution < -0.4 is 10.6 Å². The van der Waals surface area contributed by atoms with Crippen molar-refractivity contribution in [1.29, 1.82) is 0 Å². The molecule has 0 bridgehead atoms. The topological polar surface area (TPSA) is 78.4 Å². The summed E-state index contributed by atoms with van der Waals surface area (Å²) in [6, 6.07) is 4.94. The smallest absolute Gasteiger partial charge is 0.256 e. The van der Waals surface area contributed by atoms with Crippen LogP contribution in [0.5, 0.6) is 0 Å². The Bertz CT molecular complexity index is 442. The van der Waals surface area contributed by atoms with Crippen molar-refractivity contribution in [3.05, 3.63) is 29.3 Å². The maximum Gasteiger partial charge on any atom is 0.256 e. The van der Waals surface area contributed by atoms with Gasteiger partial charge in [-0.05, 0) is 6.07 Å². The molecule has 1 heterocycles. The molecule has 0 saturated carbocycles. The molecule has 0 aliphatic carbocycles. The summed E-state index contributed by atoms with van der Waals surface area (Å²) in [5.74, 6) is -0.626. The summed E-state index contributed by atoms with van der Waals surface area (Å²) in [6.45, 7) is 1.36. The minimum atomic E-state index is -0.985. The highest BCUT2D eigenvalue weighted by molar-refractivity contribution is 6.06. The molecular formula is C10H10N2O3. The molecule has 0 aromatic heterocycles. The SMILES string of the molecule is CC(=O)Nc1cccc2c1C(=O)NC2O. The van der Waals surface area contributed by atoms with Gasteiger partial charge in [0.15, 0.2) is 6.23 Å². The van der Waals surface area contributed by atoms with Crippen molar-refractivity contribution < 1.29 is 14.7 Å². The van der Waals surface area contributed by atoms with E-state index in [9.17, 15) is 14.7 Å². The largest absolute Gasteiger partial charge is 0.369 e. The highest BCUT2D eigenvalue weighted by Gasteiger charge is 2.29. The number of benzene rings is 1. The predicted molar refractivity (Wildman–Crippen MR) is 53.2 cm³/mol. The van der Waals surface area contributed by atoms with Crippen LogP contribution in [0, 0.1) is 0 Å². The van der Waals surface area contributed by atoms with Crippen molar-refractivity contribution in [3.8, 4) is 0 Å². The fourth-order valence-corrected chi connectivity index (χ4v) is 1.62. The van der Waals surface area contributed by atoms with Gasteiger partial charge in [0.2, 0.25) is 5.91 Å². The van der Waals surface area contributed by atoms with Gasteiger partial charge in [-0.15, -0.1) is 0 Å². The number of nitrogens with one attached hydrogen (secondary N) is 2. The van der Waals surface area contributed by atoms with E-state index in [2.05, 4.69) is 10.6 Å². The van der Waals surface area contributed by atoms with Gasteiger partial charge in [-0.3, -0.25) is 9.59 Å². The number of aliphatic hydroxyl groups excluding tert-OH is 1. The van der Waals surface area contributed by atoms with Crippen molar-refractivity contribution in [2.45, 2.75) is 13.2 Å². The fourth-order valence-electron chi connectivity index (χ4n) is 1.62. The summed E-state index contributed by atoms with van der Waals surface area (Å²) in [7, 11) is 0. The number of fused-ring (bicyclic) bond motifs is 1. The molecule has 0 spiro atoms. The molecule has 1 aliphatic rings. The first-order valence-electron chi connectivity index (χ1n) is 4.49. The first-order valence-corrected chi connectivity index (χ1v) is 4.49. The summed E-state index contributed by atoms with van der Waals surface area (Å²) in [4.78, 5) is 22.4. The van der Waals surface area contributed by atoms with E-state index in [1.165, 1.54) is 6.92 Å². The minimum absolute atomic E-state index is 0.252. The van der Waals surface area contributed by atoms with Crippen LogP contribution in [-0.2, 0) is 4.79 Å². The van der Waals surface area contributed by atoms with Gasteiger partial charge in [-0.2, -0.15) is 0 Å². The van der Waals surface area contributed by atoms with Gasteiger partial charge in [0, 0.05) is 12.5 Å². The van der Waals surface area contributed by atoms with Crippen LogP contribution in [0.4, 0.5) is 5.69 Å². The summed E-state index contributed by atoms with van der Waals surface area (Å²) in [5.41, 5.74) is 1.25. The number of carbonyl (C=O) groups excluding carboxylic acids is 2. The van der Waals surface area contributed by atoms with Gasteiger partial charge in [-0.25, -0.2) is 0 Å². The second-order valence-corrected chi connectivity index (χ2v) is 3.33. The van der Waals surface area contributed by atoms with Crippen molar-refractivity contribution in [2.24, 2.45) is 0 Å². The maximum absolute atomic E-state index is 11.5. The van der Waals surface area contributed by atoms with Crippen LogP contribution >= 0.6 is 0 Å².